The van der Waals surface area contributed by atoms with Crippen molar-refractivity contribution in [1.82, 2.24) is 9.88 Å². The van der Waals surface area contributed by atoms with Crippen molar-refractivity contribution in [2.75, 3.05) is 29.9 Å². The van der Waals surface area contributed by atoms with Crippen molar-refractivity contribution in [3.63, 3.8) is 0 Å². The van der Waals surface area contributed by atoms with Crippen LogP contribution in [-0.4, -0.2) is 41.6 Å². The van der Waals surface area contributed by atoms with Crippen LogP contribution in [0.4, 0.5) is 16.3 Å². The fourth-order valence-electron chi connectivity index (χ4n) is 3.63. The fourth-order valence-corrected chi connectivity index (χ4v) is 3.87. The summed E-state index contributed by atoms with van der Waals surface area (Å²) < 4.78 is 5.80. The Morgan fingerprint density at radius 1 is 1.10 bits per heavy atom. The molecule has 2 heterocycles. The van der Waals surface area contributed by atoms with Crippen molar-refractivity contribution < 1.29 is 9.53 Å². The molecule has 0 aliphatic carbocycles. The van der Waals surface area contributed by atoms with Crippen LogP contribution in [0.3, 0.4) is 0 Å². The van der Waals surface area contributed by atoms with Gasteiger partial charge in [-0.25, -0.2) is 9.78 Å². The van der Waals surface area contributed by atoms with E-state index in [2.05, 4.69) is 15.2 Å². The number of pyridine rings is 1. The Hall–Kier alpha value is -3.25. The molecule has 0 saturated carbocycles. The van der Waals surface area contributed by atoms with Gasteiger partial charge in [-0.2, -0.15) is 0 Å². The number of carbonyl (C=O) groups is 1. The molecule has 2 amide bonds. The molecule has 0 spiro atoms. The quantitative estimate of drug-likeness (QED) is 0.607. The van der Waals surface area contributed by atoms with Gasteiger partial charge >= 0.3 is 6.03 Å². The molecular formula is C24H25ClN4O2. The summed E-state index contributed by atoms with van der Waals surface area (Å²) in [6.45, 7) is 4.49. The largest absolute Gasteiger partial charge is 0.489 e. The third-order valence-corrected chi connectivity index (χ3v) is 5.58. The molecule has 2 aromatic carbocycles. The second kappa shape index (κ2) is 9.71. The van der Waals surface area contributed by atoms with Gasteiger partial charge in [0.2, 0.25) is 0 Å². The normalized spacial score (nSPS) is 16.1. The van der Waals surface area contributed by atoms with Gasteiger partial charge in [-0.3, -0.25) is 0 Å². The molecule has 1 aliphatic rings. The van der Waals surface area contributed by atoms with Gasteiger partial charge in [-0.05, 0) is 48.9 Å². The lowest BCUT2D eigenvalue weighted by Crippen LogP contribution is -2.55. The van der Waals surface area contributed by atoms with Crippen LogP contribution < -0.4 is 15.0 Å². The summed E-state index contributed by atoms with van der Waals surface area (Å²) in [5, 5.41) is 3.61. The zero-order valence-corrected chi connectivity index (χ0v) is 18.1. The highest BCUT2D eigenvalue weighted by Gasteiger charge is 2.28. The zero-order chi connectivity index (χ0) is 21.6. The molecule has 1 N–H and O–H groups in total. The number of anilines is 2. The van der Waals surface area contributed by atoms with E-state index in [1.165, 1.54) is 0 Å². The van der Waals surface area contributed by atoms with Crippen molar-refractivity contribution in [2.45, 2.75) is 19.6 Å². The number of aromatic nitrogens is 1. The van der Waals surface area contributed by atoms with E-state index in [0.29, 0.717) is 31.3 Å². The predicted octanol–water partition coefficient (Wildman–Crippen LogP) is 5.06. The number of nitrogens with zero attached hydrogens (tertiary/aromatic N) is 3. The van der Waals surface area contributed by atoms with Crippen LogP contribution in [-0.2, 0) is 6.61 Å². The van der Waals surface area contributed by atoms with E-state index in [-0.39, 0.29) is 12.1 Å². The molecular weight excluding hydrogens is 412 g/mol. The van der Waals surface area contributed by atoms with Gasteiger partial charge in [0.25, 0.3) is 0 Å². The van der Waals surface area contributed by atoms with E-state index >= 15 is 0 Å². The number of halogens is 1. The smallest absolute Gasteiger partial charge is 0.322 e. The third-order valence-electron chi connectivity index (χ3n) is 5.28. The van der Waals surface area contributed by atoms with E-state index in [9.17, 15) is 4.79 Å². The van der Waals surface area contributed by atoms with Crippen LogP contribution in [0.15, 0.2) is 72.9 Å². The molecule has 160 valence electrons. The number of benzene rings is 2. The first-order valence-corrected chi connectivity index (χ1v) is 10.7. The number of piperazine rings is 1. The number of rotatable bonds is 5. The number of carbonyl (C=O) groups excluding carboxylic acids is 1. The second-order valence-electron chi connectivity index (χ2n) is 7.53. The summed E-state index contributed by atoms with van der Waals surface area (Å²) >= 11 is 6.27. The topological polar surface area (TPSA) is 57.7 Å². The molecule has 1 aromatic heterocycles. The summed E-state index contributed by atoms with van der Waals surface area (Å²) in [5.41, 5.74) is 1.85. The number of amides is 2. The predicted molar refractivity (Wildman–Crippen MR) is 124 cm³/mol. The fraction of sp³-hybridized carbons (Fsp3) is 0.250. The standard InChI is InChI=1S/C24H25ClN4O2/c1-18-16-28(23-22(25)8-5-13-26-23)14-15-29(18)24(30)27-20-9-11-21(12-10-20)31-17-19-6-3-2-4-7-19/h2-13,18H,14-17H2,1H3,(H,27,30)/t18-/m1/s1. The number of urea groups is 1. The van der Waals surface area contributed by atoms with Crippen molar-refractivity contribution in [3.8, 4) is 5.75 Å². The van der Waals surface area contributed by atoms with Crippen molar-refractivity contribution in [2.24, 2.45) is 0 Å². The minimum absolute atomic E-state index is 0.0281. The van der Waals surface area contributed by atoms with Crippen LogP contribution in [0.25, 0.3) is 0 Å². The molecule has 0 unspecified atom stereocenters. The van der Waals surface area contributed by atoms with Crippen LogP contribution >= 0.6 is 11.6 Å². The lowest BCUT2D eigenvalue weighted by molar-refractivity contribution is 0.184. The lowest BCUT2D eigenvalue weighted by Gasteiger charge is -2.40. The van der Waals surface area contributed by atoms with E-state index < -0.39 is 0 Å². The zero-order valence-electron chi connectivity index (χ0n) is 17.4. The van der Waals surface area contributed by atoms with E-state index in [1.54, 1.807) is 6.20 Å². The average molecular weight is 437 g/mol. The molecule has 1 aliphatic heterocycles. The minimum atomic E-state index is -0.114. The Labute approximate surface area is 187 Å². The number of nitrogens with one attached hydrogen (secondary N) is 1. The van der Waals surface area contributed by atoms with Crippen LogP contribution in [0.1, 0.15) is 12.5 Å². The highest BCUT2D eigenvalue weighted by molar-refractivity contribution is 6.32. The number of hydrogen-bond donors (Lipinski definition) is 1. The Morgan fingerprint density at radius 2 is 1.87 bits per heavy atom. The van der Waals surface area contributed by atoms with Crippen LogP contribution in [0.2, 0.25) is 5.02 Å². The first kappa shape index (κ1) is 21.0. The lowest BCUT2D eigenvalue weighted by atomic mass is 10.2. The second-order valence-corrected chi connectivity index (χ2v) is 7.93. The Kier molecular flexibility index (Phi) is 6.57. The van der Waals surface area contributed by atoms with E-state index in [0.717, 1.165) is 22.8 Å². The average Bonchev–Trinajstić information content (AvgIpc) is 2.79. The Balaban J connectivity index is 1.30. The maximum atomic E-state index is 12.8. The van der Waals surface area contributed by atoms with Gasteiger partial charge in [0, 0.05) is 37.6 Å². The molecule has 4 rings (SSSR count). The molecule has 1 atom stereocenters. The van der Waals surface area contributed by atoms with Crippen molar-refractivity contribution >= 4 is 29.1 Å². The van der Waals surface area contributed by atoms with Crippen molar-refractivity contribution in [3.05, 3.63) is 83.5 Å². The molecule has 1 saturated heterocycles. The summed E-state index contributed by atoms with van der Waals surface area (Å²) in [4.78, 5) is 21.1. The third kappa shape index (κ3) is 5.27. The molecule has 1 fully saturated rings. The van der Waals surface area contributed by atoms with Gasteiger partial charge in [-0.15, -0.1) is 0 Å². The maximum Gasteiger partial charge on any atom is 0.322 e. The SMILES string of the molecule is C[C@@H]1CN(c2ncccc2Cl)CCN1C(=O)Nc1ccc(OCc2ccccc2)cc1. The van der Waals surface area contributed by atoms with Crippen LogP contribution in [0, 0.1) is 0 Å². The molecule has 3 aromatic rings. The monoisotopic (exact) mass is 436 g/mol. The minimum Gasteiger partial charge on any atom is -0.489 e. The molecule has 31 heavy (non-hydrogen) atoms. The summed E-state index contributed by atoms with van der Waals surface area (Å²) in [6, 6.07) is 21.0. The Morgan fingerprint density at radius 3 is 2.58 bits per heavy atom. The van der Waals surface area contributed by atoms with Gasteiger partial charge in [0.15, 0.2) is 0 Å². The van der Waals surface area contributed by atoms with Gasteiger partial charge in [0.05, 0.1) is 5.02 Å². The van der Waals surface area contributed by atoms with Gasteiger partial charge in [0.1, 0.15) is 18.2 Å². The van der Waals surface area contributed by atoms with Gasteiger partial charge < -0.3 is 19.9 Å². The summed E-state index contributed by atoms with van der Waals surface area (Å²) in [7, 11) is 0. The first-order valence-electron chi connectivity index (χ1n) is 10.3. The molecule has 6 nitrogen and oxygen atoms in total. The highest BCUT2D eigenvalue weighted by atomic mass is 35.5. The van der Waals surface area contributed by atoms with Crippen LogP contribution in [0.5, 0.6) is 5.75 Å². The van der Waals surface area contributed by atoms with E-state index in [4.69, 9.17) is 16.3 Å². The molecule has 0 bridgehead atoms. The molecule has 0 radical (unpaired) electrons. The first-order chi connectivity index (χ1) is 15.1. The van der Waals surface area contributed by atoms with Crippen molar-refractivity contribution in [1.29, 1.82) is 0 Å². The van der Waals surface area contributed by atoms with Gasteiger partial charge in [-0.1, -0.05) is 41.9 Å². The Bertz CT molecular complexity index is 1010. The number of ether oxygens (including phenoxy) is 1. The van der Waals surface area contributed by atoms with E-state index in [1.807, 2.05) is 78.6 Å². The molecule has 7 heteroatoms. The highest BCUT2D eigenvalue weighted by Crippen LogP contribution is 2.25. The maximum absolute atomic E-state index is 12.8. The number of hydrogen-bond acceptors (Lipinski definition) is 4. The summed E-state index contributed by atoms with van der Waals surface area (Å²) in [6.07, 6.45) is 1.73. The summed E-state index contributed by atoms with van der Waals surface area (Å²) in [5.74, 6) is 1.53.